The molecule has 3 nitrogen and oxygen atoms in total. The molecule has 1 aliphatic rings. The molecule has 102 valence electrons. The minimum Gasteiger partial charge on any atom is -0.398 e. The van der Waals surface area contributed by atoms with E-state index in [2.05, 4.69) is 11.4 Å². The maximum absolute atomic E-state index is 12.3. The summed E-state index contributed by atoms with van der Waals surface area (Å²) in [6.45, 7) is 1.91. The van der Waals surface area contributed by atoms with Gasteiger partial charge in [0.2, 0.25) is 0 Å². The number of benzene rings is 2. The van der Waals surface area contributed by atoms with E-state index in [4.69, 9.17) is 5.73 Å². The maximum atomic E-state index is 12.3. The molecule has 1 aliphatic carbocycles. The lowest BCUT2D eigenvalue weighted by molar-refractivity contribution is 0.102. The lowest BCUT2D eigenvalue weighted by Crippen LogP contribution is -2.13. The Morgan fingerprint density at radius 2 is 1.95 bits per heavy atom. The zero-order chi connectivity index (χ0) is 14.1. The summed E-state index contributed by atoms with van der Waals surface area (Å²) >= 11 is 0. The number of amides is 1. The Labute approximate surface area is 118 Å². The van der Waals surface area contributed by atoms with Gasteiger partial charge in [0.05, 0.1) is 0 Å². The monoisotopic (exact) mass is 266 g/mol. The first-order chi connectivity index (χ1) is 9.65. The summed E-state index contributed by atoms with van der Waals surface area (Å²) in [5.41, 5.74) is 11.6. The van der Waals surface area contributed by atoms with Crippen LogP contribution in [0.5, 0.6) is 0 Å². The van der Waals surface area contributed by atoms with Crippen LogP contribution in [-0.2, 0) is 12.8 Å². The Balaban J connectivity index is 1.84. The molecule has 0 fully saturated rings. The quantitative estimate of drug-likeness (QED) is 0.819. The molecular weight excluding hydrogens is 248 g/mol. The number of carbonyl (C=O) groups excluding carboxylic acids is 1. The van der Waals surface area contributed by atoms with Crippen molar-refractivity contribution in [3.05, 3.63) is 58.7 Å². The Morgan fingerprint density at radius 1 is 1.15 bits per heavy atom. The second kappa shape index (κ2) is 5.00. The van der Waals surface area contributed by atoms with Crippen molar-refractivity contribution in [1.29, 1.82) is 0 Å². The third-order valence-electron chi connectivity index (χ3n) is 3.98. The Morgan fingerprint density at radius 3 is 2.80 bits per heavy atom. The second-order valence-electron chi connectivity index (χ2n) is 5.31. The van der Waals surface area contributed by atoms with E-state index in [0.29, 0.717) is 11.3 Å². The minimum atomic E-state index is -0.0756. The molecular formula is C17H18N2O. The van der Waals surface area contributed by atoms with Gasteiger partial charge in [0.1, 0.15) is 0 Å². The highest BCUT2D eigenvalue weighted by atomic mass is 16.1. The summed E-state index contributed by atoms with van der Waals surface area (Å²) in [6.07, 6.45) is 3.40. The molecule has 3 N–H and O–H groups in total. The molecule has 2 aromatic rings. The normalized spacial score (nSPS) is 13.1. The molecule has 0 bridgehead atoms. The molecule has 20 heavy (non-hydrogen) atoms. The molecule has 0 unspecified atom stereocenters. The van der Waals surface area contributed by atoms with E-state index in [0.717, 1.165) is 24.1 Å². The van der Waals surface area contributed by atoms with Crippen LogP contribution in [0.25, 0.3) is 0 Å². The summed E-state index contributed by atoms with van der Waals surface area (Å²) in [6, 6.07) is 11.5. The van der Waals surface area contributed by atoms with Gasteiger partial charge in [-0.25, -0.2) is 0 Å². The number of nitrogens with one attached hydrogen (secondary N) is 1. The van der Waals surface area contributed by atoms with E-state index in [9.17, 15) is 4.79 Å². The fraction of sp³-hybridized carbons (Fsp3) is 0.235. The van der Waals surface area contributed by atoms with Crippen LogP contribution in [0.1, 0.15) is 33.5 Å². The van der Waals surface area contributed by atoms with E-state index in [1.165, 1.54) is 17.5 Å². The molecule has 0 saturated carbocycles. The van der Waals surface area contributed by atoms with Crippen molar-refractivity contribution >= 4 is 17.3 Å². The van der Waals surface area contributed by atoms with Crippen LogP contribution in [0, 0.1) is 6.92 Å². The highest BCUT2D eigenvalue weighted by Crippen LogP contribution is 2.24. The molecule has 3 heteroatoms. The number of rotatable bonds is 2. The van der Waals surface area contributed by atoms with Crippen molar-refractivity contribution in [2.45, 2.75) is 26.2 Å². The Hall–Kier alpha value is -2.29. The van der Waals surface area contributed by atoms with Crippen molar-refractivity contribution in [1.82, 2.24) is 0 Å². The number of carbonyl (C=O) groups is 1. The first-order valence-electron chi connectivity index (χ1n) is 6.93. The molecule has 0 saturated heterocycles. The molecule has 0 radical (unpaired) electrons. The zero-order valence-electron chi connectivity index (χ0n) is 11.6. The van der Waals surface area contributed by atoms with Crippen LogP contribution < -0.4 is 11.1 Å². The van der Waals surface area contributed by atoms with E-state index in [1.807, 2.05) is 37.3 Å². The third kappa shape index (κ3) is 2.27. The fourth-order valence-electron chi connectivity index (χ4n) is 2.70. The second-order valence-corrected chi connectivity index (χ2v) is 5.31. The smallest absolute Gasteiger partial charge is 0.255 e. The molecule has 2 aromatic carbocycles. The number of anilines is 2. The van der Waals surface area contributed by atoms with Gasteiger partial charge in [-0.2, -0.15) is 0 Å². The van der Waals surface area contributed by atoms with Gasteiger partial charge < -0.3 is 11.1 Å². The van der Waals surface area contributed by atoms with Crippen LogP contribution in [0.15, 0.2) is 36.4 Å². The average molecular weight is 266 g/mol. The maximum Gasteiger partial charge on any atom is 0.255 e. The van der Waals surface area contributed by atoms with Crippen molar-refractivity contribution in [2.75, 3.05) is 11.1 Å². The SMILES string of the molecule is Cc1c(N)cccc1NC(=O)c1ccc2c(c1)CCC2. The van der Waals surface area contributed by atoms with E-state index in [1.54, 1.807) is 0 Å². The minimum absolute atomic E-state index is 0.0756. The Bertz CT molecular complexity index is 677. The van der Waals surface area contributed by atoms with Crippen molar-refractivity contribution in [3.8, 4) is 0 Å². The number of hydrogen-bond donors (Lipinski definition) is 2. The summed E-state index contributed by atoms with van der Waals surface area (Å²) < 4.78 is 0. The van der Waals surface area contributed by atoms with Gasteiger partial charge in [-0.3, -0.25) is 4.79 Å². The molecule has 0 aliphatic heterocycles. The molecule has 0 heterocycles. The van der Waals surface area contributed by atoms with Gasteiger partial charge in [0, 0.05) is 16.9 Å². The molecule has 0 spiro atoms. The van der Waals surface area contributed by atoms with Crippen molar-refractivity contribution in [2.24, 2.45) is 0 Å². The van der Waals surface area contributed by atoms with Gasteiger partial charge in [-0.15, -0.1) is 0 Å². The predicted molar refractivity (Wildman–Crippen MR) is 82.0 cm³/mol. The topological polar surface area (TPSA) is 55.1 Å². The summed E-state index contributed by atoms with van der Waals surface area (Å²) in [5, 5.41) is 2.94. The van der Waals surface area contributed by atoms with Gasteiger partial charge >= 0.3 is 0 Å². The highest BCUT2D eigenvalue weighted by Gasteiger charge is 2.14. The lowest BCUT2D eigenvalue weighted by Gasteiger charge is -2.11. The Kier molecular flexibility index (Phi) is 3.18. The largest absolute Gasteiger partial charge is 0.398 e. The van der Waals surface area contributed by atoms with Crippen molar-refractivity contribution in [3.63, 3.8) is 0 Å². The number of aryl methyl sites for hydroxylation is 2. The highest BCUT2D eigenvalue weighted by molar-refractivity contribution is 6.05. The number of nitrogen functional groups attached to an aromatic ring is 1. The summed E-state index contributed by atoms with van der Waals surface area (Å²) in [5.74, 6) is -0.0756. The van der Waals surface area contributed by atoms with E-state index < -0.39 is 0 Å². The van der Waals surface area contributed by atoms with Gasteiger partial charge in [0.25, 0.3) is 5.91 Å². The number of nitrogens with two attached hydrogens (primary N) is 1. The molecule has 3 rings (SSSR count). The number of hydrogen-bond acceptors (Lipinski definition) is 2. The van der Waals surface area contributed by atoms with Crippen LogP contribution in [0.2, 0.25) is 0 Å². The molecule has 0 atom stereocenters. The van der Waals surface area contributed by atoms with Crippen LogP contribution >= 0.6 is 0 Å². The van der Waals surface area contributed by atoms with E-state index >= 15 is 0 Å². The molecule has 1 amide bonds. The van der Waals surface area contributed by atoms with Gasteiger partial charge in [-0.1, -0.05) is 12.1 Å². The van der Waals surface area contributed by atoms with Gasteiger partial charge in [0.15, 0.2) is 0 Å². The van der Waals surface area contributed by atoms with Crippen LogP contribution in [0.4, 0.5) is 11.4 Å². The first kappa shape index (κ1) is 12.7. The lowest BCUT2D eigenvalue weighted by atomic mass is 10.1. The van der Waals surface area contributed by atoms with E-state index in [-0.39, 0.29) is 5.91 Å². The van der Waals surface area contributed by atoms with Crippen LogP contribution in [-0.4, -0.2) is 5.91 Å². The predicted octanol–water partition coefficient (Wildman–Crippen LogP) is 3.32. The average Bonchev–Trinajstić information content (AvgIpc) is 2.91. The molecule has 0 aromatic heterocycles. The fourth-order valence-corrected chi connectivity index (χ4v) is 2.70. The van der Waals surface area contributed by atoms with Crippen LogP contribution in [0.3, 0.4) is 0 Å². The van der Waals surface area contributed by atoms with Gasteiger partial charge in [-0.05, 0) is 67.1 Å². The summed E-state index contributed by atoms with van der Waals surface area (Å²) in [7, 11) is 0. The zero-order valence-corrected chi connectivity index (χ0v) is 11.6. The summed E-state index contributed by atoms with van der Waals surface area (Å²) in [4.78, 5) is 12.3. The standard InChI is InChI=1S/C17H18N2O/c1-11-15(18)6-3-7-16(11)19-17(20)14-9-8-12-4-2-5-13(12)10-14/h3,6-10H,2,4-5,18H2,1H3,(H,19,20). The number of fused-ring (bicyclic) bond motifs is 1. The van der Waals surface area contributed by atoms with Crippen molar-refractivity contribution < 1.29 is 4.79 Å². The first-order valence-corrected chi connectivity index (χ1v) is 6.93. The third-order valence-corrected chi connectivity index (χ3v) is 3.98.